The first-order valence-corrected chi connectivity index (χ1v) is 6.40. The van der Waals surface area contributed by atoms with E-state index in [1.165, 1.54) is 9.80 Å². The van der Waals surface area contributed by atoms with E-state index in [9.17, 15) is 14.7 Å². The number of ether oxygens (including phenoxy) is 1. The van der Waals surface area contributed by atoms with E-state index < -0.39 is 11.6 Å². The van der Waals surface area contributed by atoms with Gasteiger partial charge in [0.1, 0.15) is 6.54 Å². The summed E-state index contributed by atoms with van der Waals surface area (Å²) >= 11 is 0. The Morgan fingerprint density at radius 2 is 1.89 bits per heavy atom. The molecule has 1 saturated heterocycles. The van der Waals surface area contributed by atoms with Crippen LogP contribution in [0.3, 0.4) is 0 Å². The molecule has 1 heterocycles. The van der Waals surface area contributed by atoms with Gasteiger partial charge in [-0.05, 0) is 6.92 Å². The Hall–Kier alpha value is -1.34. The highest BCUT2D eigenvalue weighted by Gasteiger charge is 2.33. The van der Waals surface area contributed by atoms with Crippen LogP contribution in [0.1, 0.15) is 19.8 Å². The van der Waals surface area contributed by atoms with Crippen LogP contribution in [0.15, 0.2) is 0 Å². The maximum absolute atomic E-state index is 12.1. The highest BCUT2D eigenvalue weighted by Crippen LogP contribution is 2.21. The molecule has 1 aliphatic rings. The number of urea groups is 1. The van der Waals surface area contributed by atoms with Crippen LogP contribution in [0.5, 0.6) is 0 Å². The summed E-state index contributed by atoms with van der Waals surface area (Å²) in [6.07, 6.45) is 0.964. The van der Waals surface area contributed by atoms with Crippen molar-refractivity contribution in [2.75, 3.05) is 39.9 Å². The lowest BCUT2D eigenvalue weighted by Crippen LogP contribution is -2.51. The van der Waals surface area contributed by atoms with Crippen LogP contribution in [-0.2, 0) is 9.53 Å². The van der Waals surface area contributed by atoms with Gasteiger partial charge in [-0.3, -0.25) is 4.79 Å². The largest absolute Gasteiger partial charge is 0.480 e. The number of aliphatic hydroxyl groups is 1. The molecule has 1 fully saturated rings. The Morgan fingerprint density at radius 1 is 1.32 bits per heavy atom. The van der Waals surface area contributed by atoms with E-state index in [4.69, 9.17) is 9.84 Å². The normalized spacial score (nSPS) is 17.8. The van der Waals surface area contributed by atoms with Gasteiger partial charge in [0.05, 0.1) is 12.1 Å². The van der Waals surface area contributed by atoms with Gasteiger partial charge in [-0.15, -0.1) is 0 Å². The Kier molecular flexibility index (Phi) is 5.56. The molecule has 0 aromatic rings. The first kappa shape index (κ1) is 15.7. The zero-order chi connectivity index (χ0) is 14.5. The van der Waals surface area contributed by atoms with Gasteiger partial charge in [-0.2, -0.15) is 0 Å². The van der Waals surface area contributed by atoms with Crippen LogP contribution in [-0.4, -0.2) is 77.5 Å². The molecule has 110 valence electrons. The zero-order valence-corrected chi connectivity index (χ0v) is 11.5. The number of nitrogens with zero attached hydrogens (tertiary/aromatic N) is 2. The molecule has 1 aliphatic heterocycles. The smallest absolute Gasteiger partial charge is 0.323 e. The Balaban J connectivity index is 2.57. The summed E-state index contributed by atoms with van der Waals surface area (Å²) in [6, 6.07) is -0.384. The molecule has 0 aliphatic carbocycles. The second-order valence-electron chi connectivity index (χ2n) is 4.88. The maximum Gasteiger partial charge on any atom is 0.323 e. The summed E-state index contributed by atoms with van der Waals surface area (Å²) in [5.74, 6) is -1.05. The highest BCUT2D eigenvalue weighted by molar-refractivity contribution is 5.80. The summed E-state index contributed by atoms with van der Waals surface area (Å²) in [5.41, 5.74) is -0.939. The van der Waals surface area contributed by atoms with Crippen molar-refractivity contribution in [1.29, 1.82) is 0 Å². The van der Waals surface area contributed by atoms with E-state index in [2.05, 4.69) is 0 Å². The van der Waals surface area contributed by atoms with E-state index in [-0.39, 0.29) is 19.1 Å². The molecule has 0 saturated carbocycles. The molecule has 0 unspecified atom stereocenters. The molecule has 19 heavy (non-hydrogen) atoms. The van der Waals surface area contributed by atoms with Gasteiger partial charge in [0.2, 0.25) is 0 Å². The number of hydrogen-bond donors (Lipinski definition) is 2. The number of amides is 2. The number of likely N-dealkylation sites (N-methyl/N-ethyl adjacent to an activating group) is 2. The molecule has 2 amide bonds. The van der Waals surface area contributed by atoms with E-state index in [1.807, 2.05) is 0 Å². The third kappa shape index (κ3) is 4.68. The quantitative estimate of drug-likeness (QED) is 0.735. The van der Waals surface area contributed by atoms with E-state index >= 15 is 0 Å². The summed E-state index contributed by atoms with van der Waals surface area (Å²) in [6.45, 7) is 2.84. The standard InChI is InChI=1S/C12H22N2O5/c1-3-14(8-10(15)16)11(17)13(2)9-12(18)4-6-19-7-5-12/h18H,3-9H2,1-2H3,(H,15,16). The van der Waals surface area contributed by atoms with E-state index in [0.29, 0.717) is 32.6 Å². The predicted molar refractivity (Wildman–Crippen MR) is 67.9 cm³/mol. The van der Waals surface area contributed by atoms with Crippen LogP contribution < -0.4 is 0 Å². The van der Waals surface area contributed by atoms with Crippen molar-refractivity contribution < 1.29 is 24.5 Å². The molecule has 0 aromatic carbocycles. The average Bonchev–Trinajstić information content (AvgIpc) is 2.35. The van der Waals surface area contributed by atoms with E-state index in [0.717, 1.165) is 0 Å². The molecule has 7 nitrogen and oxygen atoms in total. The molecule has 0 atom stereocenters. The minimum atomic E-state index is -1.05. The van der Waals surface area contributed by atoms with Gasteiger partial charge in [0.15, 0.2) is 0 Å². The number of carboxylic acids is 1. The number of carbonyl (C=O) groups excluding carboxylic acids is 1. The monoisotopic (exact) mass is 274 g/mol. The van der Waals surface area contributed by atoms with Gasteiger partial charge in [-0.25, -0.2) is 4.79 Å². The molecule has 0 bridgehead atoms. The summed E-state index contributed by atoms with van der Waals surface area (Å²) in [5, 5.41) is 19.1. The third-order valence-corrected chi connectivity index (χ3v) is 3.26. The first-order chi connectivity index (χ1) is 8.88. The summed E-state index contributed by atoms with van der Waals surface area (Å²) in [4.78, 5) is 25.3. The number of rotatable bonds is 5. The predicted octanol–water partition coefficient (Wildman–Crippen LogP) is -0.0138. The van der Waals surface area contributed by atoms with Gasteiger partial charge in [-0.1, -0.05) is 0 Å². The minimum Gasteiger partial charge on any atom is -0.480 e. The van der Waals surface area contributed by atoms with E-state index in [1.54, 1.807) is 14.0 Å². The lowest BCUT2D eigenvalue weighted by molar-refractivity contribution is -0.137. The highest BCUT2D eigenvalue weighted by atomic mass is 16.5. The van der Waals surface area contributed by atoms with Gasteiger partial charge in [0, 0.05) is 39.6 Å². The van der Waals surface area contributed by atoms with Crippen molar-refractivity contribution in [2.24, 2.45) is 0 Å². The second-order valence-corrected chi connectivity index (χ2v) is 4.88. The fraction of sp³-hybridized carbons (Fsp3) is 0.833. The molecular weight excluding hydrogens is 252 g/mol. The molecule has 7 heteroatoms. The Bertz CT molecular complexity index is 328. The van der Waals surface area contributed by atoms with Crippen molar-refractivity contribution in [1.82, 2.24) is 9.80 Å². The van der Waals surface area contributed by atoms with Crippen LogP contribution in [0, 0.1) is 0 Å². The number of carboxylic acid groups (broad SMARTS) is 1. The fourth-order valence-corrected chi connectivity index (χ4v) is 2.14. The van der Waals surface area contributed by atoms with Gasteiger partial charge >= 0.3 is 12.0 Å². The van der Waals surface area contributed by atoms with Crippen molar-refractivity contribution in [3.63, 3.8) is 0 Å². The molecule has 0 aromatic heterocycles. The van der Waals surface area contributed by atoms with Crippen LogP contribution in [0.25, 0.3) is 0 Å². The molecule has 1 rings (SSSR count). The lowest BCUT2D eigenvalue weighted by atomic mass is 9.94. The van der Waals surface area contributed by atoms with Gasteiger partial charge in [0.25, 0.3) is 0 Å². The minimum absolute atomic E-state index is 0.186. The first-order valence-electron chi connectivity index (χ1n) is 6.40. The Labute approximate surface area is 112 Å². The van der Waals surface area contributed by atoms with Gasteiger partial charge < -0.3 is 24.7 Å². The third-order valence-electron chi connectivity index (χ3n) is 3.26. The second kappa shape index (κ2) is 6.72. The maximum atomic E-state index is 12.1. The zero-order valence-electron chi connectivity index (χ0n) is 11.5. The Morgan fingerprint density at radius 3 is 2.37 bits per heavy atom. The molecule has 0 radical (unpaired) electrons. The number of carbonyl (C=O) groups is 2. The van der Waals surface area contributed by atoms with Crippen LogP contribution in [0.2, 0.25) is 0 Å². The van der Waals surface area contributed by atoms with Crippen molar-refractivity contribution in [3.05, 3.63) is 0 Å². The summed E-state index contributed by atoms with van der Waals surface area (Å²) < 4.78 is 5.18. The topological polar surface area (TPSA) is 90.3 Å². The average molecular weight is 274 g/mol. The van der Waals surface area contributed by atoms with Crippen molar-refractivity contribution >= 4 is 12.0 Å². The fourth-order valence-electron chi connectivity index (χ4n) is 2.14. The molecule has 2 N–H and O–H groups in total. The van der Waals surface area contributed by atoms with Crippen molar-refractivity contribution in [3.8, 4) is 0 Å². The SMILES string of the molecule is CCN(CC(=O)O)C(=O)N(C)CC1(O)CCOCC1. The molecular formula is C12H22N2O5. The van der Waals surface area contributed by atoms with Crippen LogP contribution >= 0.6 is 0 Å². The summed E-state index contributed by atoms with van der Waals surface area (Å²) in [7, 11) is 1.57. The lowest BCUT2D eigenvalue weighted by Gasteiger charge is -2.36. The number of hydrogen-bond acceptors (Lipinski definition) is 4. The number of aliphatic carboxylic acids is 1. The van der Waals surface area contributed by atoms with Crippen molar-refractivity contribution in [2.45, 2.75) is 25.4 Å². The van der Waals surface area contributed by atoms with Crippen LogP contribution in [0.4, 0.5) is 4.79 Å². The molecule has 0 spiro atoms.